The number of unbranched alkanes of at least 4 members (excludes halogenated alkanes) is 1. The smallest absolute Gasteiger partial charge is 0.106 e. The van der Waals surface area contributed by atoms with Crippen LogP contribution in [-0.4, -0.2) is 28.3 Å². The van der Waals surface area contributed by atoms with Crippen molar-refractivity contribution in [1.29, 1.82) is 0 Å². The number of para-hydroxylation sites is 1. The van der Waals surface area contributed by atoms with Crippen LogP contribution in [0.3, 0.4) is 0 Å². The zero-order chi connectivity index (χ0) is 13.5. The van der Waals surface area contributed by atoms with Gasteiger partial charge in [0.05, 0.1) is 10.7 Å². The van der Waals surface area contributed by atoms with Gasteiger partial charge in [0.25, 0.3) is 0 Å². The Morgan fingerprint density at radius 1 is 1.32 bits per heavy atom. The van der Waals surface area contributed by atoms with Crippen LogP contribution >= 0.6 is 23.4 Å². The van der Waals surface area contributed by atoms with Gasteiger partial charge in [0.2, 0.25) is 0 Å². The Balaban J connectivity index is 2.06. The molecule has 19 heavy (non-hydrogen) atoms. The second-order valence-electron chi connectivity index (χ2n) is 4.21. The Bertz CT molecular complexity index is 499. The van der Waals surface area contributed by atoms with E-state index in [0.717, 1.165) is 24.3 Å². The van der Waals surface area contributed by atoms with Crippen LogP contribution in [0.4, 0.5) is 5.69 Å². The topological polar surface area (TPSA) is 29.9 Å². The quantitative estimate of drug-likeness (QED) is 0.781. The highest BCUT2D eigenvalue weighted by molar-refractivity contribution is 7.98. The number of thioether (sulfide) groups is 1. The molecule has 0 aliphatic rings. The maximum Gasteiger partial charge on any atom is 0.106 e. The van der Waals surface area contributed by atoms with E-state index in [1.165, 1.54) is 12.2 Å². The molecule has 0 aliphatic carbocycles. The standard InChI is InChI=1S/C14H18ClN3S/c1-19-11-3-2-8-16-13-7-4-6-12(15)14(13)18-10-5-9-17-18/h4-7,9-10,16H,2-3,8,11H2,1H3. The van der Waals surface area contributed by atoms with Crippen LogP contribution in [-0.2, 0) is 0 Å². The SMILES string of the molecule is CSCCCCNc1cccc(Cl)c1-n1cccn1. The minimum absolute atomic E-state index is 0.706. The van der Waals surface area contributed by atoms with Gasteiger partial charge in [0.15, 0.2) is 0 Å². The molecule has 0 spiro atoms. The molecule has 0 unspecified atom stereocenters. The summed E-state index contributed by atoms with van der Waals surface area (Å²) in [6, 6.07) is 7.78. The van der Waals surface area contributed by atoms with Crippen LogP contribution in [0.15, 0.2) is 36.7 Å². The van der Waals surface area contributed by atoms with E-state index in [2.05, 4.69) is 16.7 Å². The number of benzene rings is 1. The lowest BCUT2D eigenvalue weighted by Crippen LogP contribution is -2.07. The molecule has 0 aliphatic heterocycles. The third kappa shape index (κ3) is 3.91. The number of rotatable bonds is 7. The summed E-state index contributed by atoms with van der Waals surface area (Å²) in [5.41, 5.74) is 1.94. The van der Waals surface area contributed by atoms with Gasteiger partial charge in [-0.2, -0.15) is 16.9 Å². The van der Waals surface area contributed by atoms with Gasteiger partial charge in [-0.15, -0.1) is 0 Å². The Labute approximate surface area is 123 Å². The lowest BCUT2D eigenvalue weighted by atomic mass is 10.2. The number of nitrogens with zero attached hydrogens (tertiary/aromatic N) is 2. The average molecular weight is 296 g/mol. The second kappa shape index (κ2) is 7.46. The summed E-state index contributed by atoms with van der Waals surface area (Å²) in [6.45, 7) is 0.954. The van der Waals surface area contributed by atoms with Crippen molar-refractivity contribution in [3.05, 3.63) is 41.7 Å². The fourth-order valence-electron chi connectivity index (χ4n) is 1.89. The first kappa shape index (κ1) is 14.3. The zero-order valence-corrected chi connectivity index (χ0v) is 12.5. The minimum atomic E-state index is 0.706. The summed E-state index contributed by atoms with van der Waals surface area (Å²) in [7, 11) is 0. The molecule has 0 saturated carbocycles. The maximum absolute atomic E-state index is 6.28. The average Bonchev–Trinajstić information content (AvgIpc) is 2.92. The number of nitrogens with one attached hydrogen (secondary N) is 1. The van der Waals surface area contributed by atoms with Gasteiger partial charge in [-0.1, -0.05) is 17.7 Å². The number of hydrogen-bond acceptors (Lipinski definition) is 3. The predicted octanol–water partition coefficient (Wildman–Crippen LogP) is 4.08. The van der Waals surface area contributed by atoms with Crippen LogP contribution in [0.1, 0.15) is 12.8 Å². The van der Waals surface area contributed by atoms with E-state index in [0.29, 0.717) is 5.02 Å². The fourth-order valence-corrected chi connectivity index (χ4v) is 2.64. The van der Waals surface area contributed by atoms with Crippen LogP contribution in [0.25, 0.3) is 5.69 Å². The highest BCUT2D eigenvalue weighted by Crippen LogP contribution is 2.27. The summed E-state index contributed by atoms with van der Waals surface area (Å²) < 4.78 is 1.80. The Morgan fingerprint density at radius 3 is 2.95 bits per heavy atom. The van der Waals surface area contributed by atoms with E-state index in [-0.39, 0.29) is 0 Å². The molecule has 1 aromatic carbocycles. The predicted molar refractivity (Wildman–Crippen MR) is 84.7 cm³/mol. The molecule has 5 heteroatoms. The number of aromatic nitrogens is 2. The summed E-state index contributed by atoms with van der Waals surface area (Å²) >= 11 is 8.17. The van der Waals surface area contributed by atoms with Gasteiger partial charge in [0, 0.05) is 18.9 Å². The molecule has 1 N–H and O–H groups in total. The third-order valence-electron chi connectivity index (χ3n) is 2.81. The number of halogens is 1. The first-order valence-electron chi connectivity index (χ1n) is 6.34. The van der Waals surface area contributed by atoms with Crippen LogP contribution in [0.2, 0.25) is 5.02 Å². The lowest BCUT2D eigenvalue weighted by molar-refractivity contribution is 0.836. The van der Waals surface area contributed by atoms with E-state index >= 15 is 0 Å². The monoisotopic (exact) mass is 295 g/mol. The Kier molecular flexibility index (Phi) is 5.61. The van der Waals surface area contributed by atoms with E-state index in [1.54, 1.807) is 10.9 Å². The molecule has 2 rings (SSSR count). The molecular formula is C14H18ClN3S. The van der Waals surface area contributed by atoms with Gasteiger partial charge in [-0.05, 0) is 43.0 Å². The largest absolute Gasteiger partial charge is 0.383 e. The molecule has 2 aromatic rings. The normalized spacial score (nSPS) is 10.6. The molecule has 0 radical (unpaired) electrons. The molecule has 3 nitrogen and oxygen atoms in total. The molecule has 0 fully saturated rings. The van der Waals surface area contributed by atoms with E-state index < -0.39 is 0 Å². The lowest BCUT2D eigenvalue weighted by Gasteiger charge is -2.13. The van der Waals surface area contributed by atoms with Gasteiger partial charge < -0.3 is 5.32 Å². The van der Waals surface area contributed by atoms with Crippen molar-refractivity contribution in [3.8, 4) is 5.69 Å². The van der Waals surface area contributed by atoms with Crippen molar-refractivity contribution in [2.24, 2.45) is 0 Å². The van der Waals surface area contributed by atoms with Crippen molar-refractivity contribution < 1.29 is 0 Å². The van der Waals surface area contributed by atoms with Crippen molar-refractivity contribution in [1.82, 2.24) is 9.78 Å². The Hall–Kier alpha value is -1.13. The van der Waals surface area contributed by atoms with Gasteiger partial charge >= 0.3 is 0 Å². The van der Waals surface area contributed by atoms with Crippen LogP contribution in [0, 0.1) is 0 Å². The third-order valence-corrected chi connectivity index (χ3v) is 3.81. The summed E-state index contributed by atoms with van der Waals surface area (Å²) in [6.07, 6.45) is 8.18. The highest BCUT2D eigenvalue weighted by Gasteiger charge is 2.08. The van der Waals surface area contributed by atoms with Crippen LogP contribution in [0.5, 0.6) is 0 Å². The van der Waals surface area contributed by atoms with E-state index in [9.17, 15) is 0 Å². The molecule has 1 aromatic heterocycles. The van der Waals surface area contributed by atoms with Crippen molar-refractivity contribution in [2.45, 2.75) is 12.8 Å². The molecule has 0 amide bonds. The van der Waals surface area contributed by atoms with Gasteiger partial charge in [0.1, 0.15) is 5.69 Å². The fraction of sp³-hybridized carbons (Fsp3) is 0.357. The highest BCUT2D eigenvalue weighted by atomic mass is 35.5. The van der Waals surface area contributed by atoms with E-state index in [1.807, 2.05) is 42.2 Å². The number of hydrogen-bond donors (Lipinski definition) is 1. The molecule has 0 bridgehead atoms. The molecule has 102 valence electrons. The second-order valence-corrected chi connectivity index (χ2v) is 5.61. The van der Waals surface area contributed by atoms with Crippen molar-refractivity contribution in [3.63, 3.8) is 0 Å². The minimum Gasteiger partial charge on any atom is -0.383 e. The number of anilines is 1. The molecule has 0 atom stereocenters. The first-order valence-corrected chi connectivity index (χ1v) is 8.11. The maximum atomic E-state index is 6.28. The summed E-state index contributed by atoms with van der Waals surface area (Å²) in [4.78, 5) is 0. The van der Waals surface area contributed by atoms with Crippen molar-refractivity contribution >= 4 is 29.1 Å². The zero-order valence-electron chi connectivity index (χ0n) is 11.0. The molecule has 0 saturated heterocycles. The molecular weight excluding hydrogens is 278 g/mol. The summed E-state index contributed by atoms with van der Waals surface area (Å²) in [5, 5.41) is 8.41. The molecule has 1 heterocycles. The van der Waals surface area contributed by atoms with Crippen molar-refractivity contribution in [2.75, 3.05) is 23.9 Å². The van der Waals surface area contributed by atoms with Gasteiger partial charge in [-0.3, -0.25) is 0 Å². The van der Waals surface area contributed by atoms with Gasteiger partial charge in [-0.25, -0.2) is 4.68 Å². The first-order chi connectivity index (χ1) is 9.33. The summed E-state index contributed by atoms with van der Waals surface area (Å²) in [5.74, 6) is 1.21. The van der Waals surface area contributed by atoms with E-state index in [4.69, 9.17) is 11.6 Å². The Morgan fingerprint density at radius 2 is 2.21 bits per heavy atom. The van der Waals surface area contributed by atoms with Crippen LogP contribution < -0.4 is 5.32 Å².